The third kappa shape index (κ3) is 3.40. The van der Waals surface area contributed by atoms with Crippen molar-refractivity contribution in [3.8, 4) is 5.75 Å². The molecule has 0 saturated carbocycles. The van der Waals surface area contributed by atoms with Crippen molar-refractivity contribution < 1.29 is 23.8 Å². The molecule has 2 aliphatic rings. The highest BCUT2D eigenvalue weighted by Gasteiger charge is 2.48. The van der Waals surface area contributed by atoms with Gasteiger partial charge < -0.3 is 14.2 Å². The highest BCUT2D eigenvalue weighted by atomic mass is 16.8. The molecule has 6 heteroatoms. The number of rotatable bonds is 4. The first-order valence-electron chi connectivity index (χ1n) is 9.04. The summed E-state index contributed by atoms with van der Waals surface area (Å²) in [6.45, 7) is 1.32. The second kappa shape index (κ2) is 7.04. The van der Waals surface area contributed by atoms with Gasteiger partial charge in [0.1, 0.15) is 5.75 Å². The molecule has 1 spiro atoms. The number of benzene rings is 2. The molecule has 0 atom stereocenters. The number of fused-ring (bicyclic) bond motifs is 1. The van der Waals surface area contributed by atoms with E-state index < -0.39 is 17.8 Å². The normalized spacial score (nSPS) is 19.1. The summed E-state index contributed by atoms with van der Waals surface area (Å²) in [6, 6.07) is 12.2. The van der Waals surface area contributed by atoms with Gasteiger partial charge in [0.2, 0.25) is 0 Å². The molecular weight excluding hydrogens is 346 g/mol. The lowest BCUT2D eigenvalue weighted by atomic mass is 10.0. The van der Waals surface area contributed by atoms with Crippen molar-refractivity contribution in [2.24, 2.45) is 0 Å². The number of likely N-dealkylation sites (tertiary alicyclic amines) is 1. The van der Waals surface area contributed by atoms with Crippen LogP contribution in [0.4, 0.5) is 0 Å². The van der Waals surface area contributed by atoms with E-state index in [0.29, 0.717) is 19.5 Å². The maximum absolute atomic E-state index is 11.9. The third-order valence-electron chi connectivity index (χ3n) is 5.11. The van der Waals surface area contributed by atoms with Gasteiger partial charge in [0.05, 0.1) is 7.11 Å². The van der Waals surface area contributed by atoms with E-state index in [1.54, 1.807) is 7.11 Å². The number of hydrogen-bond acceptors (Lipinski definition) is 6. The number of carbonyl (C=O) groups excluding carboxylic acids is 2. The van der Waals surface area contributed by atoms with Gasteiger partial charge in [-0.3, -0.25) is 0 Å². The van der Waals surface area contributed by atoms with Crippen molar-refractivity contribution in [1.82, 2.24) is 4.90 Å². The molecule has 0 aromatic heterocycles. The Kier molecular flexibility index (Phi) is 4.58. The fourth-order valence-corrected chi connectivity index (χ4v) is 3.80. The smallest absolute Gasteiger partial charge is 0.335 e. The van der Waals surface area contributed by atoms with Crippen molar-refractivity contribution in [3.05, 3.63) is 54.1 Å². The Labute approximate surface area is 157 Å². The molecule has 0 amide bonds. The Morgan fingerprint density at radius 2 is 1.89 bits per heavy atom. The predicted octanol–water partition coefficient (Wildman–Crippen LogP) is 2.80. The van der Waals surface area contributed by atoms with Crippen LogP contribution in [0.5, 0.6) is 5.75 Å². The minimum absolute atomic E-state index is 0.485. The van der Waals surface area contributed by atoms with Gasteiger partial charge >= 0.3 is 17.8 Å². The highest BCUT2D eigenvalue weighted by molar-refractivity contribution is 5.93. The Morgan fingerprint density at radius 3 is 2.63 bits per heavy atom. The monoisotopic (exact) mass is 367 g/mol. The van der Waals surface area contributed by atoms with Crippen LogP contribution in [0.15, 0.2) is 48.6 Å². The van der Waals surface area contributed by atoms with Gasteiger partial charge in [-0.2, -0.15) is 0 Å². The summed E-state index contributed by atoms with van der Waals surface area (Å²) in [6.07, 6.45) is 4.26. The van der Waals surface area contributed by atoms with E-state index >= 15 is 0 Å². The van der Waals surface area contributed by atoms with Gasteiger partial charge in [-0.05, 0) is 41.3 Å². The van der Waals surface area contributed by atoms with Crippen LogP contribution >= 0.6 is 0 Å². The zero-order valence-corrected chi connectivity index (χ0v) is 15.1. The third-order valence-corrected chi connectivity index (χ3v) is 5.11. The molecule has 4 rings (SSSR count). The standard InChI is InChI=1S/C21H21NO5/c1-25-17-6-7-18-15(4-2-5-16(18)14-17)10-13-22-12-3-11-21(22)26-19(23)8-9-20(24)27-21/h2,4-9,14H,3,10-13H2,1H3. The van der Waals surface area contributed by atoms with Crippen molar-refractivity contribution in [2.75, 3.05) is 20.2 Å². The summed E-state index contributed by atoms with van der Waals surface area (Å²) in [5, 5.41) is 2.27. The maximum atomic E-state index is 11.9. The zero-order chi connectivity index (χ0) is 18.9. The van der Waals surface area contributed by atoms with E-state index in [-0.39, 0.29) is 0 Å². The van der Waals surface area contributed by atoms with Crippen LogP contribution < -0.4 is 4.74 Å². The summed E-state index contributed by atoms with van der Waals surface area (Å²) in [5.74, 6) is -1.57. The first kappa shape index (κ1) is 17.5. The lowest BCUT2D eigenvalue weighted by molar-refractivity contribution is -0.268. The molecule has 2 heterocycles. The van der Waals surface area contributed by atoms with Gasteiger partial charge in [0.25, 0.3) is 0 Å². The molecule has 140 valence electrons. The van der Waals surface area contributed by atoms with Crippen LogP contribution in [0.1, 0.15) is 18.4 Å². The van der Waals surface area contributed by atoms with Crippen molar-refractivity contribution in [3.63, 3.8) is 0 Å². The summed E-state index contributed by atoms with van der Waals surface area (Å²) < 4.78 is 16.3. The summed E-state index contributed by atoms with van der Waals surface area (Å²) in [7, 11) is 1.65. The van der Waals surface area contributed by atoms with Gasteiger partial charge in [0, 0.05) is 31.7 Å². The quantitative estimate of drug-likeness (QED) is 0.775. The summed E-state index contributed by atoms with van der Waals surface area (Å²) in [4.78, 5) is 25.7. The predicted molar refractivity (Wildman–Crippen MR) is 99.1 cm³/mol. The SMILES string of the molecule is COc1ccc2c(CCN3CCCC34OC(=O)C=CC(=O)O4)cccc2c1. The first-order chi connectivity index (χ1) is 13.1. The van der Waals surface area contributed by atoms with Crippen molar-refractivity contribution in [2.45, 2.75) is 25.2 Å². The molecule has 0 bridgehead atoms. The topological polar surface area (TPSA) is 65.1 Å². The molecule has 1 fully saturated rings. The Bertz CT molecular complexity index is 900. The van der Waals surface area contributed by atoms with Gasteiger partial charge in [-0.25, -0.2) is 14.5 Å². The lowest BCUT2D eigenvalue weighted by Gasteiger charge is -2.35. The maximum Gasteiger partial charge on any atom is 0.335 e. The summed E-state index contributed by atoms with van der Waals surface area (Å²) in [5.41, 5.74) is 1.18. The van der Waals surface area contributed by atoms with E-state index in [1.807, 2.05) is 23.1 Å². The molecule has 0 radical (unpaired) electrons. The largest absolute Gasteiger partial charge is 0.497 e. The molecule has 0 N–H and O–H groups in total. The van der Waals surface area contributed by atoms with Crippen LogP contribution in [-0.2, 0) is 25.5 Å². The molecular formula is C21H21NO5. The molecule has 2 aromatic rings. The number of carbonyl (C=O) groups is 2. The zero-order valence-electron chi connectivity index (χ0n) is 15.1. The van der Waals surface area contributed by atoms with Crippen LogP contribution in [-0.4, -0.2) is 42.9 Å². The average molecular weight is 367 g/mol. The lowest BCUT2D eigenvalue weighted by Crippen LogP contribution is -2.50. The Hall–Kier alpha value is -2.86. The van der Waals surface area contributed by atoms with Crippen molar-refractivity contribution in [1.29, 1.82) is 0 Å². The van der Waals surface area contributed by atoms with Gasteiger partial charge in [-0.1, -0.05) is 24.3 Å². The van der Waals surface area contributed by atoms with Crippen LogP contribution in [0.3, 0.4) is 0 Å². The molecule has 0 aliphatic carbocycles. The number of nitrogens with zero attached hydrogens (tertiary/aromatic N) is 1. The number of methoxy groups -OCH3 is 1. The van der Waals surface area contributed by atoms with Gasteiger partial charge in [0.15, 0.2) is 0 Å². The Balaban J connectivity index is 1.55. The van der Waals surface area contributed by atoms with Crippen molar-refractivity contribution >= 4 is 22.7 Å². The van der Waals surface area contributed by atoms with E-state index in [9.17, 15) is 9.59 Å². The molecule has 0 unspecified atom stereocenters. The molecule has 27 heavy (non-hydrogen) atoms. The molecule has 6 nitrogen and oxygen atoms in total. The number of ether oxygens (including phenoxy) is 3. The molecule has 1 saturated heterocycles. The Morgan fingerprint density at radius 1 is 1.11 bits per heavy atom. The highest BCUT2D eigenvalue weighted by Crippen LogP contribution is 2.34. The fourth-order valence-electron chi connectivity index (χ4n) is 3.80. The number of esters is 2. The van der Waals surface area contributed by atoms with Crippen LogP contribution in [0.25, 0.3) is 10.8 Å². The van der Waals surface area contributed by atoms with E-state index in [0.717, 1.165) is 41.5 Å². The number of hydrogen-bond donors (Lipinski definition) is 0. The van der Waals surface area contributed by atoms with E-state index in [2.05, 4.69) is 18.2 Å². The van der Waals surface area contributed by atoms with Gasteiger partial charge in [-0.15, -0.1) is 0 Å². The minimum Gasteiger partial charge on any atom is -0.497 e. The van der Waals surface area contributed by atoms with E-state index in [4.69, 9.17) is 14.2 Å². The molecule has 2 aromatic carbocycles. The minimum atomic E-state index is -1.29. The first-order valence-corrected chi connectivity index (χ1v) is 9.04. The average Bonchev–Trinajstić information content (AvgIpc) is 2.98. The van der Waals surface area contributed by atoms with Crippen LogP contribution in [0, 0.1) is 0 Å². The van der Waals surface area contributed by atoms with E-state index in [1.165, 1.54) is 5.56 Å². The summed E-state index contributed by atoms with van der Waals surface area (Å²) >= 11 is 0. The molecule has 2 aliphatic heterocycles. The van der Waals surface area contributed by atoms with Crippen LogP contribution in [0.2, 0.25) is 0 Å². The second-order valence-electron chi connectivity index (χ2n) is 6.73. The fraction of sp³-hybridized carbons (Fsp3) is 0.333. The second-order valence-corrected chi connectivity index (χ2v) is 6.73.